The average Bonchev–Trinajstić information content (AvgIpc) is 2.89. The zero-order valence-corrected chi connectivity index (χ0v) is 21.1. The van der Waals surface area contributed by atoms with Crippen molar-refractivity contribution in [1.29, 1.82) is 0 Å². The minimum Gasteiger partial charge on any atom is -0.494 e. The van der Waals surface area contributed by atoms with Gasteiger partial charge in [0.05, 0.1) is 6.61 Å². The van der Waals surface area contributed by atoms with Crippen LogP contribution in [0.5, 0.6) is 5.75 Å². The first-order valence-electron chi connectivity index (χ1n) is 12.5. The van der Waals surface area contributed by atoms with E-state index < -0.39 is 11.9 Å². The molecule has 2 amide bonds. The number of ether oxygens (including phenoxy) is 1. The Morgan fingerprint density at radius 3 is 2.36 bits per heavy atom. The van der Waals surface area contributed by atoms with Crippen molar-refractivity contribution < 1.29 is 18.7 Å². The predicted molar refractivity (Wildman–Crippen MR) is 140 cm³/mol. The molecule has 0 radical (unpaired) electrons. The molecule has 36 heavy (non-hydrogen) atoms. The Bertz CT molecular complexity index is 1100. The van der Waals surface area contributed by atoms with Gasteiger partial charge in [-0.1, -0.05) is 73.2 Å². The number of nitrogens with zero attached hydrogens (tertiary/aromatic N) is 1. The van der Waals surface area contributed by atoms with Crippen molar-refractivity contribution >= 4 is 11.8 Å². The van der Waals surface area contributed by atoms with E-state index in [4.69, 9.17) is 4.74 Å². The molecule has 0 aromatic heterocycles. The third-order valence-electron chi connectivity index (χ3n) is 5.94. The second kappa shape index (κ2) is 14.0. The van der Waals surface area contributed by atoms with Gasteiger partial charge in [-0.2, -0.15) is 0 Å². The van der Waals surface area contributed by atoms with Gasteiger partial charge in [0.25, 0.3) is 0 Å². The minimum absolute atomic E-state index is 0.0152. The van der Waals surface area contributed by atoms with E-state index in [1.54, 1.807) is 18.2 Å². The van der Waals surface area contributed by atoms with E-state index in [0.29, 0.717) is 31.6 Å². The smallest absolute Gasteiger partial charge is 0.243 e. The quantitative estimate of drug-likeness (QED) is 0.324. The van der Waals surface area contributed by atoms with E-state index in [-0.39, 0.29) is 24.8 Å². The lowest BCUT2D eigenvalue weighted by molar-refractivity contribution is -0.141. The fourth-order valence-corrected chi connectivity index (χ4v) is 3.92. The number of benzene rings is 3. The van der Waals surface area contributed by atoms with Gasteiger partial charge in [-0.05, 0) is 43.5 Å². The van der Waals surface area contributed by atoms with E-state index in [1.807, 2.05) is 68.4 Å². The molecule has 3 aromatic carbocycles. The van der Waals surface area contributed by atoms with Gasteiger partial charge in [0.1, 0.15) is 17.6 Å². The fourth-order valence-electron chi connectivity index (χ4n) is 3.92. The number of nitrogens with one attached hydrogen (secondary N) is 1. The minimum atomic E-state index is -0.760. The van der Waals surface area contributed by atoms with Crippen LogP contribution in [0.1, 0.15) is 42.9 Å². The van der Waals surface area contributed by atoms with Crippen molar-refractivity contribution in [2.45, 2.75) is 52.1 Å². The van der Waals surface area contributed by atoms with Crippen LogP contribution in [-0.4, -0.2) is 35.9 Å². The monoisotopic (exact) mass is 490 g/mol. The molecule has 6 heteroatoms. The topological polar surface area (TPSA) is 58.6 Å². The first-order valence-corrected chi connectivity index (χ1v) is 12.5. The zero-order chi connectivity index (χ0) is 25.8. The Kier molecular flexibility index (Phi) is 10.5. The number of carbonyl (C=O) groups excluding carboxylic acids is 2. The number of hydrogen-bond donors (Lipinski definition) is 1. The third kappa shape index (κ3) is 8.22. The van der Waals surface area contributed by atoms with Crippen molar-refractivity contribution in [2.75, 3.05) is 13.2 Å². The molecule has 3 aromatic rings. The van der Waals surface area contributed by atoms with Gasteiger partial charge >= 0.3 is 0 Å². The highest BCUT2D eigenvalue weighted by atomic mass is 19.1. The zero-order valence-electron chi connectivity index (χ0n) is 21.1. The van der Waals surface area contributed by atoms with Crippen LogP contribution in [0, 0.1) is 12.7 Å². The highest BCUT2D eigenvalue weighted by Gasteiger charge is 2.30. The summed E-state index contributed by atoms with van der Waals surface area (Å²) in [5, 5.41) is 2.93. The normalized spacial score (nSPS) is 11.5. The molecule has 0 spiro atoms. The molecule has 3 rings (SSSR count). The summed E-state index contributed by atoms with van der Waals surface area (Å²) in [7, 11) is 0. The summed E-state index contributed by atoms with van der Waals surface area (Å²) in [6.45, 7) is 4.88. The number of halogens is 1. The van der Waals surface area contributed by atoms with Crippen LogP contribution >= 0.6 is 0 Å². The summed E-state index contributed by atoms with van der Waals surface area (Å²) in [6.07, 6.45) is 1.79. The van der Waals surface area contributed by atoms with E-state index in [2.05, 4.69) is 5.32 Å². The van der Waals surface area contributed by atoms with Crippen LogP contribution in [0.25, 0.3) is 0 Å². The second-order valence-corrected chi connectivity index (χ2v) is 8.87. The molecule has 0 saturated carbocycles. The van der Waals surface area contributed by atoms with Crippen molar-refractivity contribution in [1.82, 2.24) is 10.2 Å². The molecule has 190 valence electrons. The maximum atomic E-state index is 14.6. The summed E-state index contributed by atoms with van der Waals surface area (Å²) in [5.74, 6) is -0.0952. The van der Waals surface area contributed by atoms with E-state index in [9.17, 15) is 14.0 Å². The van der Waals surface area contributed by atoms with E-state index >= 15 is 0 Å². The molecular formula is C30H35FN2O3. The van der Waals surface area contributed by atoms with Gasteiger partial charge in [-0.15, -0.1) is 0 Å². The number of carbonyl (C=O) groups is 2. The van der Waals surface area contributed by atoms with Gasteiger partial charge in [-0.3, -0.25) is 9.59 Å². The van der Waals surface area contributed by atoms with Crippen molar-refractivity contribution in [3.05, 3.63) is 101 Å². The maximum absolute atomic E-state index is 14.6. The predicted octanol–water partition coefficient (Wildman–Crippen LogP) is 5.46. The van der Waals surface area contributed by atoms with Crippen LogP contribution in [0.15, 0.2) is 78.9 Å². The summed E-state index contributed by atoms with van der Waals surface area (Å²) in [5.41, 5.74) is 2.46. The van der Waals surface area contributed by atoms with Crippen LogP contribution in [-0.2, 0) is 22.6 Å². The molecule has 0 aliphatic carbocycles. The summed E-state index contributed by atoms with van der Waals surface area (Å²) in [6, 6.07) is 22.9. The molecular weight excluding hydrogens is 455 g/mol. The molecule has 0 heterocycles. The lowest BCUT2D eigenvalue weighted by Gasteiger charge is -2.31. The summed E-state index contributed by atoms with van der Waals surface area (Å²) >= 11 is 0. The second-order valence-electron chi connectivity index (χ2n) is 8.87. The SMILES string of the molecule is CCCNC(=O)[C@@H](Cc1ccccc1)N(Cc1ccccc1F)C(=O)CCCOc1ccc(C)cc1. The van der Waals surface area contributed by atoms with Gasteiger partial charge < -0.3 is 15.0 Å². The van der Waals surface area contributed by atoms with Gasteiger partial charge in [0.15, 0.2) is 0 Å². The first kappa shape index (κ1) is 26.9. The highest BCUT2D eigenvalue weighted by Crippen LogP contribution is 2.18. The first-order chi connectivity index (χ1) is 17.5. The Labute approximate surface area is 213 Å². The molecule has 0 aliphatic heterocycles. The summed E-state index contributed by atoms with van der Waals surface area (Å²) in [4.78, 5) is 28.3. The van der Waals surface area contributed by atoms with E-state index in [0.717, 1.165) is 23.3 Å². The average molecular weight is 491 g/mol. The molecule has 0 fully saturated rings. The van der Waals surface area contributed by atoms with Crippen LogP contribution in [0.3, 0.4) is 0 Å². The molecule has 0 bridgehead atoms. The Hall–Kier alpha value is -3.67. The summed E-state index contributed by atoms with van der Waals surface area (Å²) < 4.78 is 20.3. The third-order valence-corrected chi connectivity index (χ3v) is 5.94. The molecule has 1 N–H and O–H groups in total. The van der Waals surface area contributed by atoms with E-state index in [1.165, 1.54) is 11.0 Å². The lowest BCUT2D eigenvalue weighted by Crippen LogP contribution is -2.50. The van der Waals surface area contributed by atoms with Crippen LogP contribution < -0.4 is 10.1 Å². The number of rotatable bonds is 13. The molecule has 0 saturated heterocycles. The number of amides is 2. The Morgan fingerprint density at radius 1 is 0.972 bits per heavy atom. The largest absolute Gasteiger partial charge is 0.494 e. The molecule has 5 nitrogen and oxygen atoms in total. The lowest BCUT2D eigenvalue weighted by atomic mass is 10.0. The molecule has 1 atom stereocenters. The molecule has 0 unspecified atom stereocenters. The number of hydrogen-bond acceptors (Lipinski definition) is 3. The Balaban J connectivity index is 1.78. The van der Waals surface area contributed by atoms with Crippen molar-refractivity contribution in [2.24, 2.45) is 0 Å². The fraction of sp³-hybridized carbons (Fsp3) is 0.333. The van der Waals surface area contributed by atoms with Crippen molar-refractivity contribution in [3.63, 3.8) is 0 Å². The molecule has 0 aliphatic rings. The number of aryl methyl sites for hydroxylation is 1. The Morgan fingerprint density at radius 2 is 1.67 bits per heavy atom. The van der Waals surface area contributed by atoms with Gasteiger partial charge in [-0.25, -0.2) is 4.39 Å². The van der Waals surface area contributed by atoms with Gasteiger partial charge in [0.2, 0.25) is 11.8 Å². The van der Waals surface area contributed by atoms with Gasteiger partial charge in [0, 0.05) is 31.5 Å². The van der Waals surface area contributed by atoms with Crippen molar-refractivity contribution in [3.8, 4) is 5.75 Å². The maximum Gasteiger partial charge on any atom is 0.243 e. The van der Waals surface area contributed by atoms with Crippen LogP contribution in [0.4, 0.5) is 4.39 Å². The highest BCUT2D eigenvalue weighted by molar-refractivity contribution is 5.88. The standard InChI is InChI=1S/C30H35FN2O3/c1-3-19-32-30(35)28(21-24-10-5-4-6-11-24)33(22-25-12-7-8-13-27(25)31)29(34)14-9-20-36-26-17-15-23(2)16-18-26/h4-8,10-13,15-18,28H,3,9,14,19-22H2,1-2H3,(H,32,35)/t28-/m1/s1. The van der Waals surface area contributed by atoms with Crippen LogP contribution in [0.2, 0.25) is 0 Å².